The Morgan fingerprint density at radius 1 is 1.29 bits per heavy atom. The van der Waals surface area contributed by atoms with E-state index in [0.717, 1.165) is 12.1 Å². The molecule has 90 valence electrons. The number of aliphatic carboxylic acids is 2. The minimum absolute atomic E-state index is 0.180. The molecule has 4 nitrogen and oxygen atoms in total. The highest BCUT2D eigenvalue weighted by molar-refractivity contribution is 5.94. The van der Waals surface area contributed by atoms with Gasteiger partial charge < -0.3 is 10.2 Å². The third kappa shape index (κ3) is 1.56. The smallest absolute Gasteiger partial charge is 0.315 e. The molecule has 1 saturated carbocycles. The molecule has 1 aromatic carbocycles. The fraction of sp³-hybridized carbons (Fsp3) is 0.273. The van der Waals surface area contributed by atoms with Gasteiger partial charge in [-0.25, -0.2) is 8.78 Å². The van der Waals surface area contributed by atoms with Crippen molar-refractivity contribution in [1.82, 2.24) is 0 Å². The average molecular weight is 242 g/mol. The van der Waals surface area contributed by atoms with Gasteiger partial charge in [0.15, 0.2) is 0 Å². The number of carbonyl (C=O) groups is 2. The molecular weight excluding hydrogens is 234 g/mol. The zero-order valence-electron chi connectivity index (χ0n) is 8.48. The van der Waals surface area contributed by atoms with Crippen LogP contribution in [0.15, 0.2) is 18.2 Å². The maximum absolute atomic E-state index is 13.5. The molecule has 1 aliphatic carbocycles. The third-order valence-corrected chi connectivity index (χ3v) is 3.05. The summed E-state index contributed by atoms with van der Waals surface area (Å²) in [5, 5.41) is 17.8. The van der Waals surface area contributed by atoms with Gasteiger partial charge in [-0.2, -0.15) is 0 Å². The Kier molecular flexibility index (Phi) is 2.38. The van der Waals surface area contributed by atoms with Crippen molar-refractivity contribution in [3.8, 4) is 0 Å². The highest BCUT2D eigenvalue weighted by atomic mass is 19.1. The van der Waals surface area contributed by atoms with Crippen LogP contribution in [0.4, 0.5) is 8.78 Å². The Bertz CT molecular complexity index is 514. The molecule has 0 radical (unpaired) electrons. The summed E-state index contributed by atoms with van der Waals surface area (Å²) in [4.78, 5) is 21.9. The van der Waals surface area contributed by atoms with Crippen molar-refractivity contribution in [3.05, 3.63) is 35.4 Å². The minimum Gasteiger partial charge on any atom is -0.481 e. The summed E-state index contributed by atoms with van der Waals surface area (Å²) >= 11 is 0. The van der Waals surface area contributed by atoms with Crippen molar-refractivity contribution in [2.75, 3.05) is 0 Å². The van der Waals surface area contributed by atoms with Gasteiger partial charge in [0.1, 0.15) is 17.0 Å². The number of benzene rings is 1. The lowest BCUT2D eigenvalue weighted by atomic mass is 9.92. The molecular formula is C11H8F2O4. The lowest BCUT2D eigenvalue weighted by Crippen LogP contribution is -2.26. The first-order chi connectivity index (χ1) is 7.89. The van der Waals surface area contributed by atoms with Crippen LogP contribution in [0, 0.1) is 17.6 Å². The van der Waals surface area contributed by atoms with Crippen LogP contribution in [0.25, 0.3) is 0 Å². The molecule has 2 rings (SSSR count). The maximum atomic E-state index is 13.5. The lowest BCUT2D eigenvalue weighted by Gasteiger charge is -2.12. The zero-order chi connectivity index (χ0) is 12.8. The van der Waals surface area contributed by atoms with Crippen LogP contribution in [-0.4, -0.2) is 22.2 Å². The van der Waals surface area contributed by atoms with E-state index in [1.165, 1.54) is 0 Å². The summed E-state index contributed by atoms with van der Waals surface area (Å²) in [5.41, 5.74) is -2.04. The fourth-order valence-electron chi connectivity index (χ4n) is 2.06. The second-order valence-corrected chi connectivity index (χ2v) is 4.00. The van der Waals surface area contributed by atoms with Crippen molar-refractivity contribution in [1.29, 1.82) is 0 Å². The second-order valence-electron chi connectivity index (χ2n) is 4.00. The first kappa shape index (κ1) is 11.5. The number of carboxylic acids is 2. The first-order valence-electron chi connectivity index (χ1n) is 4.81. The molecule has 6 heteroatoms. The third-order valence-electron chi connectivity index (χ3n) is 3.05. The van der Waals surface area contributed by atoms with Crippen LogP contribution in [0.5, 0.6) is 0 Å². The summed E-state index contributed by atoms with van der Waals surface area (Å²) in [5.74, 6) is -5.73. The summed E-state index contributed by atoms with van der Waals surface area (Å²) in [6, 6.07) is 2.46. The Labute approximate surface area is 94.5 Å². The highest BCUT2D eigenvalue weighted by Gasteiger charge is 2.66. The van der Waals surface area contributed by atoms with Crippen molar-refractivity contribution in [2.24, 2.45) is 5.92 Å². The predicted molar refractivity (Wildman–Crippen MR) is 51.4 cm³/mol. The van der Waals surface area contributed by atoms with Crippen LogP contribution >= 0.6 is 0 Å². The van der Waals surface area contributed by atoms with E-state index in [-0.39, 0.29) is 12.0 Å². The van der Waals surface area contributed by atoms with E-state index in [9.17, 15) is 18.4 Å². The van der Waals surface area contributed by atoms with Crippen LogP contribution < -0.4 is 0 Å². The van der Waals surface area contributed by atoms with E-state index in [2.05, 4.69) is 0 Å². The van der Waals surface area contributed by atoms with Gasteiger partial charge in [0.05, 0.1) is 5.92 Å². The SMILES string of the molecule is O=C(O)C1CC1(C(=O)O)c1ccc(F)cc1F. The van der Waals surface area contributed by atoms with Gasteiger partial charge in [-0.3, -0.25) is 9.59 Å². The van der Waals surface area contributed by atoms with Crippen molar-refractivity contribution < 1.29 is 28.6 Å². The summed E-state index contributed by atoms with van der Waals surface area (Å²) in [6.45, 7) is 0. The monoisotopic (exact) mass is 242 g/mol. The molecule has 1 aromatic rings. The summed E-state index contributed by atoms with van der Waals surface area (Å²) in [7, 11) is 0. The molecule has 2 N–H and O–H groups in total. The zero-order valence-corrected chi connectivity index (χ0v) is 8.48. The quantitative estimate of drug-likeness (QED) is 0.839. The Morgan fingerprint density at radius 3 is 2.35 bits per heavy atom. The van der Waals surface area contributed by atoms with Crippen LogP contribution in [0.3, 0.4) is 0 Å². The maximum Gasteiger partial charge on any atom is 0.315 e. The van der Waals surface area contributed by atoms with E-state index in [0.29, 0.717) is 6.07 Å². The van der Waals surface area contributed by atoms with Crippen molar-refractivity contribution in [2.45, 2.75) is 11.8 Å². The number of carboxylic acid groups (broad SMARTS) is 2. The highest BCUT2D eigenvalue weighted by Crippen LogP contribution is 2.55. The van der Waals surface area contributed by atoms with Crippen LogP contribution in [0.2, 0.25) is 0 Å². The Hall–Kier alpha value is -1.98. The number of halogens is 2. The lowest BCUT2D eigenvalue weighted by molar-refractivity contribution is -0.146. The summed E-state index contributed by atoms with van der Waals surface area (Å²) in [6.07, 6.45) is -0.180. The molecule has 0 heterocycles. The molecule has 0 saturated heterocycles. The van der Waals surface area contributed by atoms with E-state index in [4.69, 9.17) is 10.2 Å². The topological polar surface area (TPSA) is 74.6 Å². The van der Waals surface area contributed by atoms with Gasteiger partial charge in [-0.1, -0.05) is 6.07 Å². The molecule has 0 aromatic heterocycles. The van der Waals surface area contributed by atoms with Crippen LogP contribution in [-0.2, 0) is 15.0 Å². The first-order valence-corrected chi connectivity index (χ1v) is 4.81. The van der Waals surface area contributed by atoms with E-state index in [1.807, 2.05) is 0 Å². The normalized spacial score (nSPS) is 26.6. The second kappa shape index (κ2) is 3.51. The van der Waals surface area contributed by atoms with Gasteiger partial charge in [0, 0.05) is 11.6 Å². The Balaban J connectivity index is 2.50. The molecule has 2 atom stereocenters. The summed E-state index contributed by atoms with van der Waals surface area (Å²) < 4.78 is 26.2. The van der Waals surface area contributed by atoms with E-state index < -0.39 is 34.9 Å². The molecule has 2 unspecified atom stereocenters. The molecule has 17 heavy (non-hydrogen) atoms. The van der Waals surface area contributed by atoms with Gasteiger partial charge in [-0.05, 0) is 12.5 Å². The predicted octanol–water partition coefficient (Wildman–Crippen LogP) is 1.39. The molecule has 1 aliphatic rings. The molecule has 0 amide bonds. The fourth-order valence-corrected chi connectivity index (χ4v) is 2.06. The Morgan fingerprint density at radius 2 is 1.94 bits per heavy atom. The van der Waals surface area contributed by atoms with Gasteiger partial charge in [0.25, 0.3) is 0 Å². The van der Waals surface area contributed by atoms with Gasteiger partial charge >= 0.3 is 11.9 Å². The van der Waals surface area contributed by atoms with Gasteiger partial charge in [0.2, 0.25) is 0 Å². The number of rotatable bonds is 3. The van der Waals surface area contributed by atoms with E-state index >= 15 is 0 Å². The van der Waals surface area contributed by atoms with Crippen molar-refractivity contribution in [3.63, 3.8) is 0 Å². The number of hydrogen-bond donors (Lipinski definition) is 2. The molecule has 0 aliphatic heterocycles. The molecule has 0 spiro atoms. The minimum atomic E-state index is -1.76. The average Bonchev–Trinajstić information content (AvgIpc) is 2.93. The molecule has 1 fully saturated rings. The van der Waals surface area contributed by atoms with Crippen molar-refractivity contribution >= 4 is 11.9 Å². The largest absolute Gasteiger partial charge is 0.481 e. The number of hydrogen-bond acceptors (Lipinski definition) is 2. The standard InChI is InChI=1S/C11H8F2O4/c12-5-1-2-6(8(13)3-5)11(10(16)17)4-7(11)9(14)15/h1-3,7H,4H2,(H,14,15)(H,16,17). The van der Waals surface area contributed by atoms with Crippen LogP contribution in [0.1, 0.15) is 12.0 Å². The molecule has 0 bridgehead atoms. The van der Waals surface area contributed by atoms with E-state index in [1.54, 1.807) is 0 Å². The van der Waals surface area contributed by atoms with Gasteiger partial charge in [-0.15, -0.1) is 0 Å².